The van der Waals surface area contributed by atoms with Gasteiger partial charge in [0.05, 0.1) is 0 Å². The van der Waals surface area contributed by atoms with Gasteiger partial charge < -0.3 is 37.9 Å². The van der Waals surface area contributed by atoms with Gasteiger partial charge in [0.1, 0.15) is 46.0 Å². The van der Waals surface area contributed by atoms with Crippen LogP contribution in [0.25, 0.3) is 0 Å². The van der Waals surface area contributed by atoms with Crippen molar-refractivity contribution in [2.75, 3.05) is 27.2 Å². The summed E-state index contributed by atoms with van der Waals surface area (Å²) < 4.78 is 62.3. The summed E-state index contributed by atoms with van der Waals surface area (Å²) in [5.74, 6) is 6.04. The van der Waals surface area contributed by atoms with Crippen molar-refractivity contribution in [1.29, 1.82) is 0 Å². The Morgan fingerprint density at radius 2 is 0.353 bits per heavy atom. The van der Waals surface area contributed by atoms with Crippen LogP contribution in [-0.2, 0) is 24.6 Å². The molecule has 592 valence electrons. The zero-order chi connectivity index (χ0) is 78.5. The maximum absolute atomic E-state index is 7.79. The van der Waals surface area contributed by atoms with E-state index in [0.717, 1.165) is 171 Å². The number of ether oxygens (including phenoxy) is 8. The fraction of sp³-hybridized carbons (Fsp3) is 0.308. The lowest BCUT2D eigenvalue weighted by molar-refractivity contribution is 0.0953. The zero-order valence-corrected chi connectivity index (χ0v) is 71.3. The van der Waals surface area contributed by atoms with E-state index < -0.39 is 31.7 Å². The van der Waals surface area contributed by atoms with E-state index in [1.165, 1.54) is 86.9 Å². The Morgan fingerprint density at radius 1 is 0.207 bits per heavy atom. The van der Waals surface area contributed by atoms with E-state index in [4.69, 9.17) is 37.9 Å². The van der Waals surface area contributed by atoms with Gasteiger partial charge in [0.15, 0.2) is 0 Å². The van der Waals surface area contributed by atoms with Crippen LogP contribution in [0.1, 0.15) is 221 Å². The summed E-state index contributed by atoms with van der Waals surface area (Å²) in [6.45, 7) is 9.22. The standard InChI is InChI=1S/C104H108O8P4/c1-5-9-21-57-81-85-61-87-82(58-22-10-6-2)89-63-91-84(60-24-12-8-4)92-64-90-83(59-23-11-7-3)88-62-86(81)98-94(66-114(75-45-29-15-30-46-75)76-47-31-16-32-48-76)100(88)108-71-110-102(90)96(68-116(79-53-37-19-38-54-79)80-55-39-20-40-56-80)104(92)112-72-111-103(91)95(67-115(77-49-33-17-34-50-77)78-51-35-18-36-52-78)101(89)109-70-107-99(87)93(97(85)105-69-106-98)65-113(73-41-25-13-26-42-73)74-43-27-14-28-44-74/h13-20,25-56,61-64,81-84H,5-12,21-24,57-60,65-72H2,1-4H3. The number of hydrogen-bond acceptors (Lipinski definition) is 8. The van der Waals surface area contributed by atoms with Crippen LogP contribution in [0, 0.1) is 0 Å². The summed E-state index contributed by atoms with van der Waals surface area (Å²) >= 11 is 0. The molecule has 0 amide bonds. The monoisotopic (exact) mass is 1610 g/mol. The van der Waals surface area contributed by atoms with E-state index >= 15 is 0 Å². The molecule has 0 saturated carbocycles. The van der Waals surface area contributed by atoms with Crippen molar-refractivity contribution in [3.8, 4) is 46.0 Å². The molecule has 1 aliphatic carbocycles. The summed E-state index contributed by atoms with van der Waals surface area (Å²) in [7, 11) is -4.26. The molecule has 0 spiro atoms. The molecule has 0 unspecified atom stereocenters. The van der Waals surface area contributed by atoms with Gasteiger partial charge in [-0.3, -0.25) is 0 Å². The molecule has 12 aromatic carbocycles. The molecule has 8 nitrogen and oxygen atoms in total. The summed E-state index contributed by atoms with van der Waals surface area (Å²) in [5, 5.41) is 10.3. The summed E-state index contributed by atoms with van der Waals surface area (Å²) in [6, 6.07) is 100. The first kappa shape index (κ1) is 79.2. The minimum atomic E-state index is -1.07. The molecule has 0 fully saturated rings. The molecule has 116 heavy (non-hydrogen) atoms. The Morgan fingerprint density at radius 3 is 0.491 bits per heavy atom. The first-order valence-electron chi connectivity index (χ1n) is 42.8. The average molecular weight is 1610 g/mol. The van der Waals surface area contributed by atoms with Gasteiger partial charge in [-0.2, -0.15) is 0 Å². The van der Waals surface area contributed by atoms with Crippen LogP contribution in [0.15, 0.2) is 267 Å². The van der Waals surface area contributed by atoms with E-state index in [1.54, 1.807) is 0 Å². The van der Waals surface area contributed by atoms with Crippen molar-refractivity contribution in [3.63, 3.8) is 0 Å². The van der Waals surface area contributed by atoms with E-state index in [9.17, 15) is 0 Å². The number of rotatable bonds is 32. The molecule has 0 saturated heterocycles. The number of unbranched alkanes of at least 4 members (excludes halogenated alkanes) is 8. The van der Waals surface area contributed by atoms with Gasteiger partial charge in [-0.15, -0.1) is 0 Å². The quantitative estimate of drug-likeness (QED) is 0.0305. The predicted molar refractivity (Wildman–Crippen MR) is 485 cm³/mol. The van der Waals surface area contributed by atoms with E-state index in [0.29, 0.717) is 24.6 Å². The minimum Gasteiger partial charge on any atom is -0.457 e. The van der Waals surface area contributed by atoms with Gasteiger partial charge in [0, 0.05) is 115 Å². The third kappa shape index (κ3) is 16.8. The van der Waals surface area contributed by atoms with Crippen LogP contribution in [0.3, 0.4) is 0 Å². The van der Waals surface area contributed by atoms with Crippen LogP contribution in [0.2, 0.25) is 0 Å². The maximum atomic E-state index is 7.79. The summed E-state index contributed by atoms with van der Waals surface area (Å²) in [4.78, 5) is 0. The third-order valence-corrected chi connectivity index (χ3v) is 34.3. The molecular formula is C104H108O8P4. The highest BCUT2D eigenvalue weighted by molar-refractivity contribution is 7.73. The largest absolute Gasteiger partial charge is 0.457 e. The van der Waals surface area contributed by atoms with Crippen molar-refractivity contribution in [1.82, 2.24) is 0 Å². The molecule has 0 N–H and O–H groups in total. The molecule has 12 heteroatoms. The second-order valence-corrected chi connectivity index (χ2v) is 40.4. The van der Waals surface area contributed by atoms with Crippen LogP contribution < -0.4 is 80.3 Å². The Kier molecular flexibility index (Phi) is 26.0. The maximum Gasteiger partial charge on any atom is 0.230 e. The second kappa shape index (κ2) is 38.0. The first-order chi connectivity index (χ1) is 57.5. The van der Waals surface area contributed by atoms with Gasteiger partial charge in [-0.05, 0) is 124 Å². The fourth-order valence-corrected chi connectivity index (χ4v) is 28.1. The molecule has 0 aromatic heterocycles. The van der Waals surface area contributed by atoms with Crippen molar-refractivity contribution >= 4 is 74.1 Å². The predicted octanol–water partition coefficient (Wildman–Crippen LogP) is 24.3. The van der Waals surface area contributed by atoms with Crippen LogP contribution in [0.4, 0.5) is 0 Å². The molecule has 0 atom stereocenters. The van der Waals surface area contributed by atoms with Crippen LogP contribution in [-0.4, -0.2) is 27.2 Å². The molecule has 4 aliphatic heterocycles. The molecule has 0 radical (unpaired) electrons. The fourth-order valence-electron chi connectivity index (χ4n) is 18.7. The van der Waals surface area contributed by atoms with Gasteiger partial charge in [0.25, 0.3) is 0 Å². The number of benzene rings is 12. The van der Waals surface area contributed by atoms with Crippen molar-refractivity contribution in [3.05, 3.63) is 334 Å². The topological polar surface area (TPSA) is 73.8 Å². The smallest absolute Gasteiger partial charge is 0.230 e. The summed E-state index contributed by atoms with van der Waals surface area (Å²) in [6.07, 6.45) is 18.5. The van der Waals surface area contributed by atoms with Crippen molar-refractivity contribution < 1.29 is 37.9 Å². The summed E-state index contributed by atoms with van der Waals surface area (Å²) in [5.41, 5.74) is 13.8. The Labute approximate surface area is 693 Å². The van der Waals surface area contributed by atoms with Crippen LogP contribution in [0.5, 0.6) is 46.0 Å². The minimum absolute atomic E-state index is 0.0387. The highest BCUT2D eigenvalue weighted by Gasteiger charge is 2.44. The third-order valence-electron chi connectivity index (χ3n) is 24.4. The Hall–Kier alpha value is -9.24. The highest BCUT2D eigenvalue weighted by atomic mass is 31.1. The lowest BCUT2D eigenvalue weighted by Gasteiger charge is -2.38. The zero-order valence-electron chi connectivity index (χ0n) is 67.7. The molecule has 5 aliphatic rings. The van der Waals surface area contributed by atoms with Gasteiger partial charge in [-0.1, -0.05) is 347 Å². The Bertz CT molecular complexity index is 4320. The second-order valence-electron chi connectivity index (χ2n) is 31.6. The van der Waals surface area contributed by atoms with Gasteiger partial charge in [0.2, 0.25) is 27.2 Å². The van der Waals surface area contributed by atoms with E-state index in [-0.39, 0.29) is 50.8 Å². The lowest BCUT2D eigenvalue weighted by Crippen LogP contribution is -2.26. The SMILES string of the molecule is CCCCCC1c2cc3c4c(CP(c5ccccc5)c5ccccc5)c2OCOc2c1cc1c(c2CP(c2ccccc2)c2ccccc2)OCOc2c(cc5c(c2CP(c2ccccc2)c2ccccc2)OCOc2c(cc(c(c2CP(c2ccccc2)c2ccccc2)OCO4)C3CCCCC)C5CCCCC)C1CCCCC. The Balaban J connectivity index is 1.05. The van der Waals surface area contributed by atoms with Gasteiger partial charge in [-0.25, -0.2) is 0 Å². The lowest BCUT2D eigenvalue weighted by atomic mass is 9.74. The van der Waals surface area contributed by atoms with E-state index in [2.05, 4.69) is 295 Å². The molecule has 12 aromatic rings. The van der Waals surface area contributed by atoms with Crippen molar-refractivity contribution in [2.24, 2.45) is 0 Å². The van der Waals surface area contributed by atoms with Gasteiger partial charge >= 0.3 is 0 Å². The molecule has 4 heterocycles. The molecule has 17 rings (SSSR count). The van der Waals surface area contributed by atoms with E-state index in [1.807, 2.05) is 0 Å². The van der Waals surface area contributed by atoms with Crippen molar-refractivity contribution in [2.45, 2.75) is 179 Å². The first-order valence-corrected chi connectivity index (χ1v) is 48.9. The molecule has 8 bridgehead atoms. The molecular weight excluding hydrogens is 1500 g/mol. The average Bonchev–Trinajstić information content (AvgIpc) is 0.715. The normalized spacial score (nSPS) is 16.1. The highest BCUT2D eigenvalue weighted by Crippen LogP contribution is 2.63. The number of hydrogen-bond donors (Lipinski definition) is 0. The van der Waals surface area contributed by atoms with Crippen LogP contribution >= 0.6 is 31.7 Å².